The summed E-state index contributed by atoms with van der Waals surface area (Å²) in [6, 6.07) is 188. The molecule has 6 heterocycles. The van der Waals surface area contributed by atoms with Crippen molar-refractivity contribution in [3.8, 4) is 118 Å². The number of hydrogen-bond acceptors (Lipinski definition) is 6. The molecule has 0 radical (unpaired) electrons. The molecule has 0 saturated carbocycles. The lowest BCUT2D eigenvalue weighted by Gasteiger charge is -2.14. The molecule has 24 aromatic carbocycles. The molecule has 0 atom stereocenters. The van der Waals surface area contributed by atoms with Gasteiger partial charge in [-0.05, 0) is 213 Å². The van der Waals surface area contributed by atoms with Gasteiger partial charge >= 0.3 is 0 Å². The first-order chi connectivity index (χ1) is 72.9. The van der Waals surface area contributed by atoms with E-state index in [2.05, 4.69) is 517 Å². The quantitative estimate of drug-likeness (QED) is 0.121. The number of aromatic nitrogens is 9. The highest BCUT2D eigenvalue weighted by atomic mass is 15.0. The molecule has 0 saturated heterocycles. The minimum absolute atomic E-state index is 0.693. The Bertz CT molecular complexity index is 10200. The normalized spacial score (nSPS) is 11.7. The molecule has 9 heteroatoms. The SMILES string of the molecule is c1ccc(-c2cc(-c3ccccc3)cc(-c3nc(-c4cccc(-n5c6ccc7ccccc7c6c6c7ccccc7ccc65)c4)nc4ccccc34)c2)cc1.c1ccc(-c2cccc(-c3nc(-c4cccc(-n5c6ccc7ccccc7c6c6c7ccccc7ccc65)c4)nc4ccccc34)c2)cc1.c1ccc(-c2nc(-c3cccc(-n4c5ccc6ccccc6c5c5c6ccccc6ccc54)c3)nc3ccccc23)cc1. The van der Waals surface area contributed by atoms with Crippen LogP contribution in [0, 0.1) is 0 Å². The number of fused-ring (bicyclic) bond motifs is 24. The number of para-hydroxylation sites is 3. The molecule has 684 valence electrons. The average Bonchev–Trinajstić information content (AvgIpc) is 1.56. The Hall–Kier alpha value is -19.7. The van der Waals surface area contributed by atoms with Crippen LogP contribution in [0.15, 0.2) is 528 Å². The van der Waals surface area contributed by atoms with Crippen LogP contribution in [0.2, 0.25) is 0 Å². The highest BCUT2D eigenvalue weighted by Crippen LogP contribution is 2.48. The molecule has 9 nitrogen and oxygen atoms in total. The zero-order valence-corrected chi connectivity index (χ0v) is 79.8. The first-order valence-electron chi connectivity index (χ1n) is 50.0. The van der Waals surface area contributed by atoms with Crippen LogP contribution < -0.4 is 0 Å². The van der Waals surface area contributed by atoms with Gasteiger partial charge in [0.2, 0.25) is 0 Å². The second-order valence-electron chi connectivity index (χ2n) is 37.8. The molecule has 0 spiro atoms. The molecule has 30 aromatic rings. The summed E-state index contributed by atoms with van der Waals surface area (Å²) < 4.78 is 7.20. The smallest absolute Gasteiger partial charge is 0.160 e. The molecule has 0 N–H and O–H groups in total. The molecule has 0 unspecified atom stereocenters. The van der Waals surface area contributed by atoms with Crippen LogP contribution in [0.3, 0.4) is 0 Å². The molecule has 30 rings (SSSR count). The second kappa shape index (κ2) is 35.8. The number of benzene rings is 24. The van der Waals surface area contributed by atoms with Crippen molar-refractivity contribution in [2.45, 2.75) is 0 Å². The number of rotatable bonds is 12. The van der Waals surface area contributed by atoms with Crippen molar-refractivity contribution < 1.29 is 0 Å². The fraction of sp³-hybridized carbons (Fsp3) is 0. The van der Waals surface area contributed by atoms with E-state index in [1.807, 2.05) is 24.3 Å². The highest BCUT2D eigenvalue weighted by Gasteiger charge is 2.26. The van der Waals surface area contributed by atoms with Gasteiger partial charge in [-0.15, -0.1) is 0 Å². The zero-order chi connectivity index (χ0) is 96.9. The predicted molar refractivity (Wildman–Crippen MR) is 616 cm³/mol. The summed E-state index contributed by atoms with van der Waals surface area (Å²) in [5.41, 5.74) is 29.0. The second-order valence-corrected chi connectivity index (χ2v) is 37.8. The van der Waals surface area contributed by atoms with Crippen LogP contribution in [0.25, 0.3) is 281 Å². The van der Waals surface area contributed by atoms with Crippen molar-refractivity contribution in [2.24, 2.45) is 0 Å². The summed E-state index contributed by atoms with van der Waals surface area (Å²) in [6.07, 6.45) is 0. The molecule has 0 aliphatic rings. The fourth-order valence-electron chi connectivity index (χ4n) is 22.5. The van der Waals surface area contributed by atoms with Crippen molar-refractivity contribution in [1.82, 2.24) is 43.6 Å². The average molecular weight is 1870 g/mol. The summed E-state index contributed by atoms with van der Waals surface area (Å²) in [7, 11) is 0. The monoisotopic (exact) mass is 1870 g/mol. The van der Waals surface area contributed by atoms with E-state index in [1.54, 1.807) is 0 Å². The van der Waals surface area contributed by atoms with Gasteiger partial charge in [0.05, 0.1) is 66.7 Å². The van der Waals surface area contributed by atoms with E-state index in [1.165, 1.54) is 147 Å². The van der Waals surface area contributed by atoms with Crippen LogP contribution in [0.4, 0.5) is 0 Å². The van der Waals surface area contributed by atoms with Crippen molar-refractivity contribution in [1.29, 1.82) is 0 Å². The zero-order valence-electron chi connectivity index (χ0n) is 79.8. The Labute approximate surface area is 846 Å². The first-order valence-corrected chi connectivity index (χ1v) is 50.0. The Kier molecular flexibility index (Phi) is 20.8. The maximum atomic E-state index is 5.42. The van der Waals surface area contributed by atoms with Crippen LogP contribution in [0.5, 0.6) is 0 Å². The van der Waals surface area contributed by atoms with Crippen molar-refractivity contribution in [3.63, 3.8) is 0 Å². The summed E-state index contributed by atoms with van der Waals surface area (Å²) in [6.45, 7) is 0. The topological polar surface area (TPSA) is 92.1 Å². The Morgan fingerprint density at radius 3 is 0.639 bits per heavy atom. The van der Waals surface area contributed by atoms with Crippen LogP contribution >= 0.6 is 0 Å². The summed E-state index contributed by atoms with van der Waals surface area (Å²) in [4.78, 5) is 31.2. The van der Waals surface area contributed by atoms with Gasteiger partial charge in [-0.25, -0.2) is 29.9 Å². The lowest BCUT2D eigenvalue weighted by molar-refractivity contribution is 1.17. The maximum Gasteiger partial charge on any atom is 0.160 e. The predicted octanol–water partition coefficient (Wildman–Crippen LogP) is 36.1. The minimum atomic E-state index is 0.693. The van der Waals surface area contributed by atoms with E-state index in [0.29, 0.717) is 11.6 Å². The molecule has 0 aliphatic carbocycles. The van der Waals surface area contributed by atoms with Crippen molar-refractivity contribution >= 4 is 163 Å². The van der Waals surface area contributed by atoms with Gasteiger partial charge in [-0.2, -0.15) is 0 Å². The molecule has 147 heavy (non-hydrogen) atoms. The summed E-state index contributed by atoms with van der Waals surface area (Å²) in [5.74, 6) is 2.12. The van der Waals surface area contributed by atoms with E-state index in [4.69, 9.17) is 29.9 Å². The molecule has 0 fully saturated rings. The molecular formula is C138H87N9. The highest BCUT2D eigenvalue weighted by molar-refractivity contribution is 6.32. The Balaban J connectivity index is 0.000000107. The maximum absolute atomic E-state index is 5.42. The minimum Gasteiger partial charge on any atom is -0.309 e. The summed E-state index contributed by atoms with van der Waals surface area (Å²) in [5, 5.41) is 25.8. The van der Waals surface area contributed by atoms with Gasteiger partial charge < -0.3 is 13.7 Å². The van der Waals surface area contributed by atoms with Gasteiger partial charge in [0.25, 0.3) is 0 Å². The lowest BCUT2D eigenvalue weighted by atomic mass is 9.94. The van der Waals surface area contributed by atoms with Gasteiger partial charge in [0.15, 0.2) is 17.5 Å². The van der Waals surface area contributed by atoms with Crippen molar-refractivity contribution in [2.75, 3.05) is 0 Å². The van der Waals surface area contributed by atoms with Gasteiger partial charge in [-0.3, -0.25) is 0 Å². The third-order valence-corrected chi connectivity index (χ3v) is 29.2. The third-order valence-electron chi connectivity index (χ3n) is 29.2. The van der Waals surface area contributed by atoms with Gasteiger partial charge in [0, 0.05) is 98.9 Å². The van der Waals surface area contributed by atoms with Crippen molar-refractivity contribution in [3.05, 3.63) is 528 Å². The lowest BCUT2D eigenvalue weighted by Crippen LogP contribution is -1.98. The molecule has 0 bridgehead atoms. The van der Waals surface area contributed by atoms with Crippen LogP contribution in [-0.4, -0.2) is 43.6 Å². The summed E-state index contributed by atoms with van der Waals surface area (Å²) >= 11 is 0. The standard InChI is InChI=1S/C52H33N3.C46H29N3.C40H25N3/c1-3-14-34(15-4-1)39-30-40(35-16-5-2-6-17-35)32-41(31-39)51-45-24-11-12-25-46(45)53-52(54-51)38-20-13-21-42(33-38)55-47-28-26-36-18-7-9-22-43(36)49(47)50-44-23-10-8-19-37(44)27-29-48(50)55;1-2-12-30(13-3-1)33-16-10-17-34(28-33)45-39-22-8-9-23-40(39)47-46(48-45)35-18-11-19-36(29-35)49-41-26-24-31-14-4-6-20-37(31)43(41)44-38-21-7-5-15-32(38)25-27-42(44)49;1-2-13-28(14-3-1)39-33-19-8-9-20-34(33)41-40(42-39)29-15-10-16-30(25-29)43-35-23-21-26-11-4-6-17-31(26)37(35)38-32-18-7-5-12-27(32)22-24-36(38)43/h1-33H;1-29H;1-25H. The van der Waals surface area contributed by atoms with Gasteiger partial charge in [-0.1, -0.05) is 413 Å². The molecule has 6 aromatic heterocycles. The van der Waals surface area contributed by atoms with Crippen LogP contribution in [-0.2, 0) is 0 Å². The van der Waals surface area contributed by atoms with Crippen LogP contribution in [0.1, 0.15) is 0 Å². The molecule has 0 amide bonds. The van der Waals surface area contributed by atoms with E-state index < -0.39 is 0 Å². The molecule has 0 aliphatic heterocycles. The third kappa shape index (κ3) is 14.9. The van der Waals surface area contributed by atoms with Gasteiger partial charge in [0.1, 0.15) is 0 Å². The van der Waals surface area contributed by atoms with E-state index in [0.717, 1.165) is 123 Å². The molecular weight excluding hydrogens is 1780 g/mol. The largest absolute Gasteiger partial charge is 0.309 e. The van der Waals surface area contributed by atoms with E-state index in [9.17, 15) is 0 Å². The Morgan fingerprint density at radius 2 is 0.333 bits per heavy atom. The fourth-order valence-corrected chi connectivity index (χ4v) is 22.5. The number of nitrogens with zero attached hydrogens (tertiary/aromatic N) is 9. The first kappa shape index (κ1) is 85.3. The Morgan fingerprint density at radius 1 is 0.122 bits per heavy atom. The van der Waals surface area contributed by atoms with E-state index in [-0.39, 0.29) is 0 Å². The van der Waals surface area contributed by atoms with E-state index >= 15 is 0 Å². The number of hydrogen-bond donors (Lipinski definition) is 0.